The van der Waals surface area contributed by atoms with Crippen molar-refractivity contribution in [3.8, 4) is 0 Å². The molecule has 0 fully saturated rings. The molecular weight excluding hydrogens is 186 g/mol. The second-order valence-corrected chi connectivity index (χ2v) is 4.22. The van der Waals surface area contributed by atoms with Crippen molar-refractivity contribution < 1.29 is 4.63 Å². The molecule has 1 heterocycles. The van der Waals surface area contributed by atoms with Crippen LogP contribution < -0.4 is 5.73 Å². The summed E-state index contributed by atoms with van der Waals surface area (Å²) in [4.78, 5) is 0. The van der Waals surface area contributed by atoms with Gasteiger partial charge in [-0.15, -0.1) is 0 Å². The third-order valence-electron chi connectivity index (χ3n) is 1.70. The molecule has 0 aliphatic heterocycles. The first kappa shape index (κ1) is 10.5. The van der Waals surface area contributed by atoms with Crippen LogP contribution in [0.5, 0.6) is 0 Å². The first-order chi connectivity index (χ1) is 6.20. The van der Waals surface area contributed by atoms with Crippen molar-refractivity contribution in [3.63, 3.8) is 0 Å². The van der Waals surface area contributed by atoms with Gasteiger partial charge in [0.15, 0.2) is 0 Å². The minimum absolute atomic E-state index is 0.282. The van der Waals surface area contributed by atoms with Gasteiger partial charge in [0.2, 0.25) is 0 Å². The monoisotopic (exact) mass is 201 g/mol. The number of nitrogens with zero attached hydrogens (tertiary/aromatic N) is 2. The molecule has 13 heavy (non-hydrogen) atoms. The highest BCUT2D eigenvalue weighted by Gasteiger charge is 2.04. The zero-order valence-corrected chi connectivity index (χ0v) is 8.80. The van der Waals surface area contributed by atoms with Crippen LogP contribution in [-0.4, -0.2) is 22.1 Å². The van der Waals surface area contributed by atoms with E-state index in [2.05, 4.69) is 14.9 Å². The fourth-order valence-corrected chi connectivity index (χ4v) is 1.96. The molecule has 0 saturated carbocycles. The molecule has 2 N–H and O–H groups in total. The lowest BCUT2D eigenvalue weighted by molar-refractivity contribution is 0.302. The van der Waals surface area contributed by atoms with Gasteiger partial charge in [-0.25, -0.2) is 4.63 Å². The number of hydrogen-bond donors (Lipinski definition) is 1. The Morgan fingerprint density at radius 3 is 2.85 bits per heavy atom. The number of hydrogen-bond acceptors (Lipinski definition) is 5. The van der Waals surface area contributed by atoms with Gasteiger partial charge in [0.05, 0.1) is 0 Å². The highest BCUT2D eigenvalue weighted by Crippen LogP contribution is 2.13. The van der Waals surface area contributed by atoms with Crippen LogP contribution in [0.4, 0.5) is 0 Å². The number of aromatic nitrogens is 2. The predicted octanol–water partition coefficient (Wildman–Crippen LogP) is 1.35. The second-order valence-electron chi connectivity index (χ2n) is 3.11. The minimum Gasteiger partial charge on any atom is -0.328 e. The van der Waals surface area contributed by atoms with E-state index < -0.39 is 0 Å². The highest BCUT2D eigenvalue weighted by molar-refractivity contribution is 7.98. The van der Waals surface area contributed by atoms with Crippen molar-refractivity contribution in [2.24, 2.45) is 5.73 Å². The van der Waals surface area contributed by atoms with E-state index in [1.165, 1.54) is 0 Å². The van der Waals surface area contributed by atoms with E-state index in [0.29, 0.717) is 0 Å². The molecule has 1 rings (SSSR count). The summed E-state index contributed by atoms with van der Waals surface area (Å²) in [5.74, 6) is 1.92. The molecule has 0 aromatic carbocycles. The quantitative estimate of drug-likeness (QED) is 0.728. The maximum absolute atomic E-state index is 5.62. The van der Waals surface area contributed by atoms with Crippen molar-refractivity contribution in [1.82, 2.24) is 10.3 Å². The topological polar surface area (TPSA) is 64.9 Å². The lowest BCUT2D eigenvalue weighted by Crippen LogP contribution is -2.15. The van der Waals surface area contributed by atoms with Gasteiger partial charge in [0, 0.05) is 11.8 Å². The second kappa shape index (κ2) is 5.24. The van der Waals surface area contributed by atoms with E-state index in [0.717, 1.165) is 29.3 Å². The van der Waals surface area contributed by atoms with Crippen LogP contribution in [0.15, 0.2) is 4.63 Å². The lowest BCUT2D eigenvalue weighted by atomic mass is 10.3. The van der Waals surface area contributed by atoms with E-state index in [-0.39, 0.29) is 6.04 Å². The van der Waals surface area contributed by atoms with Crippen molar-refractivity contribution in [2.75, 3.05) is 5.75 Å². The van der Waals surface area contributed by atoms with Crippen LogP contribution in [0.3, 0.4) is 0 Å². The van der Waals surface area contributed by atoms with Gasteiger partial charge in [0.1, 0.15) is 11.4 Å². The van der Waals surface area contributed by atoms with Gasteiger partial charge < -0.3 is 5.73 Å². The summed E-state index contributed by atoms with van der Waals surface area (Å²) in [6, 6.07) is 0.282. The molecular formula is C8H15N3OS. The molecule has 1 aromatic rings. The molecule has 1 unspecified atom stereocenters. The summed E-state index contributed by atoms with van der Waals surface area (Å²) in [6.07, 6.45) is 1.04. The van der Waals surface area contributed by atoms with Gasteiger partial charge in [-0.05, 0) is 26.0 Å². The van der Waals surface area contributed by atoms with Crippen LogP contribution in [0.1, 0.15) is 24.7 Å². The van der Waals surface area contributed by atoms with Crippen LogP contribution in [0.25, 0.3) is 0 Å². The largest absolute Gasteiger partial charge is 0.328 e. The minimum atomic E-state index is 0.282. The molecule has 0 aliphatic rings. The first-order valence-corrected chi connectivity index (χ1v) is 5.47. The van der Waals surface area contributed by atoms with E-state index in [4.69, 9.17) is 5.73 Å². The molecule has 1 aromatic heterocycles. The molecule has 0 bridgehead atoms. The smallest absolute Gasteiger partial charge is 0.117 e. The Kier molecular flexibility index (Phi) is 4.24. The zero-order valence-electron chi connectivity index (χ0n) is 7.99. The third-order valence-corrected chi connectivity index (χ3v) is 2.70. The van der Waals surface area contributed by atoms with Crippen LogP contribution in [0.2, 0.25) is 0 Å². The van der Waals surface area contributed by atoms with Gasteiger partial charge in [-0.2, -0.15) is 11.8 Å². The Bertz CT molecular complexity index is 249. The summed E-state index contributed by atoms with van der Waals surface area (Å²) in [5, 5.41) is 7.50. The molecule has 0 amide bonds. The zero-order chi connectivity index (χ0) is 9.68. The van der Waals surface area contributed by atoms with E-state index in [9.17, 15) is 0 Å². The highest BCUT2D eigenvalue weighted by atomic mass is 32.2. The summed E-state index contributed by atoms with van der Waals surface area (Å²) < 4.78 is 4.59. The normalized spacial score (nSPS) is 13.2. The average molecular weight is 201 g/mol. The molecule has 1 atom stereocenters. The third kappa shape index (κ3) is 3.78. The van der Waals surface area contributed by atoms with Crippen LogP contribution in [-0.2, 0) is 5.75 Å². The molecule has 0 spiro atoms. The summed E-state index contributed by atoms with van der Waals surface area (Å²) in [6.45, 7) is 3.92. The molecule has 0 radical (unpaired) electrons. The summed E-state index contributed by atoms with van der Waals surface area (Å²) >= 11 is 1.81. The van der Waals surface area contributed by atoms with Gasteiger partial charge in [0.25, 0.3) is 0 Å². The summed E-state index contributed by atoms with van der Waals surface area (Å²) in [5.41, 5.74) is 7.44. The number of nitrogens with two attached hydrogens (primary N) is 1. The molecule has 74 valence electrons. The molecule has 4 nitrogen and oxygen atoms in total. The maximum Gasteiger partial charge on any atom is 0.117 e. The molecule has 0 aliphatic carbocycles. The van der Waals surface area contributed by atoms with E-state index in [1.807, 2.05) is 25.6 Å². The Morgan fingerprint density at radius 1 is 1.54 bits per heavy atom. The van der Waals surface area contributed by atoms with Gasteiger partial charge in [-0.3, -0.25) is 0 Å². The summed E-state index contributed by atoms with van der Waals surface area (Å²) in [7, 11) is 0. The number of thioether (sulfide) groups is 1. The maximum atomic E-state index is 5.62. The Hall–Kier alpha value is -0.550. The Labute approximate surface area is 82.2 Å². The average Bonchev–Trinajstić information content (AvgIpc) is 2.45. The standard InChI is InChI=1S/C8H15N3OS/c1-6(9)3-4-13-5-8-7(2)10-12-11-8/h6H,3-5,9H2,1-2H3. The number of aryl methyl sites for hydroxylation is 1. The Balaban J connectivity index is 2.17. The fourth-order valence-electron chi connectivity index (χ4n) is 0.819. The van der Waals surface area contributed by atoms with Crippen LogP contribution >= 0.6 is 11.8 Å². The SMILES string of the molecule is Cc1nonc1CSCCC(C)N. The fraction of sp³-hybridized carbons (Fsp3) is 0.750. The molecule has 0 saturated heterocycles. The van der Waals surface area contributed by atoms with Crippen molar-refractivity contribution >= 4 is 11.8 Å². The van der Waals surface area contributed by atoms with Gasteiger partial charge in [-0.1, -0.05) is 10.3 Å². The predicted molar refractivity (Wildman–Crippen MR) is 53.5 cm³/mol. The number of rotatable bonds is 5. The van der Waals surface area contributed by atoms with Crippen molar-refractivity contribution in [1.29, 1.82) is 0 Å². The van der Waals surface area contributed by atoms with Crippen molar-refractivity contribution in [3.05, 3.63) is 11.4 Å². The lowest BCUT2D eigenvalue weighted by Gasteiger charge is -2.02. The van der Waals surface area contributed by atoms with E-state index in [1.54, 1.807) is 0 Å². The van der Waals surface area contributed by atoms with Gasteiger partial charge >= 0.3 is 0 Å². The van der Waals surface area contributed by atoms with E-state index >= 15 is 0 Å². The molecule has 5 heteroatoms. The first-order valence-electron chi connectivity index (χ1n) is 4.31. The van der Waals surface area contributed by atoms with Crippen molar-refractivity contribution in [2.45, 2.75) is 32.1 Å². The van der Waals surface area contributed by atoms with Crippen LogP contribution in [0, 0.1) is 6.92 Å². The Morgan fingerprint density at radius 2 is 2.31 bits per heavy atom.